The Kier molecular flexibility index (Phi) is 6.01. The second kappa shape index (κ2) is 8.87. The summed E-state index contributed by atoms with van der Waals surface area (Å²) in [7, 11) is 2.14. The van der Waals surface area contributed by atoms with Crippen LogP contribution in [0.5, 0.6) is 0 Å². The third-order valence-electron chi connectivity index (χ3n) is 5.88. The monoisotopic (exact) mass is 456 g/mol. The van der Waals surface area contributed by atoms with Crippen LogP contribution >= 0.6 is 34.7 Å². The molecule has 0 atom stereocenters. The first kappa shape index (κ1) is 20.3. The molecule has 7 heteroatoms. The Morgan fingerprint density at radius 1 is 1.20 bits per heavy atom. The molecule has 1 aromatic carbocycles. The van der Waals surface area contributed by atoms with Crippen LogP contribution in [0.3, 0.4) is 0 Å². The number of aromatic nitrogens is 2. The largest absolute Gasteiger partial charge is 0.348 e. The maximum absolute atomic E-state index is 6.58. The number of nitrogens with zero attached hydrogens (tertiary/aromatic N) is 3. The van der Waals surface area contributed by atoms with E-state index in [1.807, 2.05) is 6.20 Å². The molecule has 30 heavy (non-hydrogen) atoms. The van der Waals surface area contributed by atoms with Crippen molar-refractivity contribution < 1.29 is 0 Å². The molecular formula is C23H25ClN4S2. The van der Waals surface area contributed by atoms with Crippen molar-refractivity contribution in [2.45, 2.75) is 42.5 Å². The van der Waals surface area contributed by atoms with E-state index in [0.717, 1.165) is 58.1 Å². The topological polar surface area (TPSA) is 41.1 Å². The van der Waals surface area contributed by atoms with Crippen LogP contribution in [-0.4, -0.2) is 36.1 Å². The molecule has 1 fully saturated rings. The van der Waals surface area contributed by atoms with Gasteiger partial charge in [0.05, 0.1) is 10.7 Å². The van der Waals surface area contributed by atoms with Gasteiger partial charge in [-0.25, -0.2) is 9.97 Å². The average Bonchev–Trinajstić information content (AvgIpc) is 3.54. The lowest BCUT2D eigenvalue weighted by Crippen LogP contribution is -2.18. The number of hydrogen-bond acceptors (Lipinski definition) is 6. The van der Waals surface area contributed by atoms with E-state index in [0.29, 0.717) is 6.04 Å². The third-order valence-corrected chi connectivity index (χ3v) is 8.13. The fraction of sp³-hybridized carbons (Fsp3) is 0.391. The maximum Gasteiger partial charge on any atom is 0.185 e. The molecule has 0 saturated heterocycles. The molecule has 0 spiro atoms. The standard InChI is InChI=1S/C23H25ClN4S2/c1-28(17-4-5-17)23-27-21(14-30-23)16-3-7-22(26-12-16)29-13-19-18-9-11-25-10-8-15(18)2-6-20(19)24/h2-3,6-7,12,14,17,25H,4-5,8-11,13H2,1H3. The van der Waals surface area contributed by atoms with E-state index in [1.54, 1.807) is 23.1 Å². The predicted octanol–water partition coefficient (Wildman–Crippen LogP) is 5.44. The Bertz CT molecular complexity index is 1030. The number of thiazole rings is 1. The van der Waals surface area contributed by atoms with Gasteiger partial charge in [-0.1, -0.05) is 17.7 Å². The lowest BCUT2D eigenvalue weighted by Gasteiger charge is -2.14. The van der Waals surface area contributed by atoms with Crippen LogP contribution in [-0.2, 0) is 18.6 Å². The smallest absolute Gasteiger partial charge is 0.185 e. The summed E-state index contributed by atoms with van der Waals surface area (Å²) in [6.45, 7) is 2.06. The molecule has 1 saturated carbocycles. The first-order chi connectivity index (χ1) is 14.7. The van der Waals surface area contributed by atoms with Crippen molar-refractivity contribution in [1.29, 1.82) is 0 Å². The van der Waals surface area contributed by atoms with Crippen LogP contribution in [0.1, 0.15) is 29.5 Å². The summed E-state index contributed by atoms with van der Waals surface area (Å²) in [6, 6.07) is 9.14. The van der Waals surface area contributed by atoms with Gasteiger partial charge < -0.3 is 10.2 Å². The number of hydrogen-bond donors (Lipinski definition) is 1. The van der Waals surface area contributed by atoms with Gasteiger partial charge in [0.15, 0.2) is 5.13 Å². The minimum atomic E-state index is 0.677. The average molecular weight is 457 g/mol. The molecule has 5 rings (SSSR count). The molecule has 0 bridgehead atoms. The number of nitrogens with one attached hydrogen (secondary N) is 1. The van der Waals surface area contributed by atoms with Crippen molar-refractivity contribution in [3.05, 3.63) is 57.6 Å². The van der Waals surface area contributed by atoms with E-state index in [9.17, 15) is 0 Å². The molecule has 3 aromatic rings. The number of halogens is 1. The van der Waals surface area contributed by atoms with Crippen molar-refractivity contribution >= 4 is 39.8 Å². The van der Waals surface area contributed by atoms with Crippen LogP contribution in [0, 0.1) is 0 Å². The molecule has 2 aliphatic rings. The van der Waals surface area contributed by atoms with Crippen LogP contribution in [0.15, 0.2) is 40.9 Å². The molecule has 156 valence electrons. The summed E-state index contributed by atoms with van der Waals surface area (Å²) >= 11 is 10.0. The van der Waals surface area contributed by atoms with Gasteiger partial charge in [-0.05, 0) is 73.7 Å². The Morgan fingerprint density at radius 3 is 2.87 bits per heavy atom. The fourth-order valence-electron chi connectivity index (χ4n) is 3.92. The number of thioether (sulfide) groups is 1. The summed E-state index contributed by atoms with van der Waals surface area (Å²) in [4.78, 5) is 11.8. The molecule has 4 nitrogen and oxygen atoms in total. The van der Waals surface area contributed by atoms with Gasteiger partial charge in [-0.3, -0.25) is 0 Å². The Balaban J connectivity index is 1.28. The van der Waals surface area contributed by atoms with Crippen molar-refractivity contribution in [2.24, 2.45) is 0 Å². The summed E-state index contributed by atoms with van der Waals surface area (Å²) in [5, 5.41) is 8.60. The molecule has 2 aromatic heterocycles. The van der Waals surface area contributed by atoms with Gasteiger partial charge in [0.2, 0.25) is 0 Å². The number of benzene rings is 1. The zero-order valence-electron chi connectivity index (χ0n) is 17.0. The van der Waals surface area contributed by atoms with E-state index in [2.05, 4.69) is 46.9 Å². The Hall–Kier alpha value is -1.60. The predicted molar refractivity (Wildman–Crippen MR) is 128 cm³/mol. The zero-order valence-corrected chi connectivity index (χ0v) is 19.4. The Morgan fingerprint density at radius 2 is 2.07 bits per heavy atom. The third kappa shape index (κ3) is 4.37. The van der Waals surface area contributed by atoms with Gasteiger partial charge in [0.25, 0.3) is 0 Å². The van der Waals surface area contributed by atoms with E-state index in [1.165, 1.54) is 29.5 Å². The number of anilines is 1. The fourth-order valence-corrected chi connectivity index (χ4v) is 6.03. The minimum Gasteiger partial charge on any atom is -0.348 e. The van der Waals surface area contributed by atoms with Crippen molar-refractivity contribution in [3.8, 4) is 11.3 Å². The molecule has 1 aliphatic carbocycles. The Labute approximate surface area is 191 Å². The van der Waals surface area contributed by atoms with E-state index in [-0.39, 0.29) is 0 Å². The highest BCUT2D eigenvalue weighted by molar-refractivity contribution is 7.98. The van der Waals surface area contributed by atoms with Gasteiger partial charge >= 0.3 is 0 Å². The van der Waals surface area contributed by atoms with Crippen molar-refractivity contribution in [1.82, 2.24) is 15.3 Å². The van der Waals surface area contributed by atoms with Gasteiger partial charge in [0.1, 0.15) is 0 Å². The van der Waals surface area contributed by atoms with Gasteiger partial charge in [0, 0.05) is 41.0 Å². The van der Waals surface area contributed by atoms with Crippen molar-refractivity contribution in [3.63, 3.8) is 0 Å². The first-order valence-corrected chi connectivity index (χ1v) is 12.7. The number of rotatable bonds is 6. The quantitative estimate of drug-likeness (QED) is 0.500. The summed E-state index contributed by atoms with van der Waals surface area (Å²) in [5.74, 6) is 0.849. The lowest BCUT2D eigenvalue weighted by atomic mass is 9.98. The van der Waals surface area contributed by atoms with E-state index >= 15 is 0 Å². The molecule has 0 radical (unpaired) electrons. The van der Waals surface area contributed by atoms with Crippen LogP contribution in [0.25, 0.3) is 11.3 Å². The van der Waals surface area contributed by atoms with E-state index in [4.69, 9.17) is 21.6 Å². The maximum atomic E-state index is 6.58. The van der Waals surface area contributed by atoms with Crippen LogP contribution < -0.4 is 10.2 Å². The lowest BCUT2D eigenvalue weighted by molar-refractivity contribution is 0.710. The highest BCUT2D eigenvalue weighted by atomic mass is 35.5. The second-order valence-electron chi connectivity index (χ2n) is 7.94. The molecule has 0 unspecified atom stereocenters. The zero-order chi connectivity index (χ0) is 20.5. The number of fused-ring (bicyclic) bond motifs is 1. The summed E-state index contributed by atoms with van der Waals surface area (Å²) < 4.78 is 0. The van der Waals surface area contributed by atoms with Gasteiger partial charge in [-0.2, -0.15) is 0 Å². The second-order valence-corrected chi connectivity index (χ2v) is 10.2. The summed E-state index contributed by atoms with van der Waals surface area (Å²) in [5.41, 5.74) is 6.20. The highest BCUT2D eigenvalue weighted by Crippen LogP contribution is 2.35. The number of pyridine rings is 1. The van der Waals surface area contributed by atoms with Gasteiger partial charge in [-0.15, -0.1) is 23.1 Å². The van der Waals surface area contributed by atoms with Crippen LogP contribution in [0.4, 0.5) is 5.13 Å². The molecule has 1 N–H and O–H groups in total. The first-order valence-electron chi connectivity index (χ1n) is 10.5. The highest BCUT2D eigenvalue weighted by Gasteiger charge is 2.28. The minimum absolute atomic E-state index is 0.677. The van der Waals surface area contributed by atoms with E-state index < -0.39 is 0 Å². The molecular weight excluding hydrogens is 432 g/mol. The SMILES string of the molecule is CN(c1nc(-c2ccc(SCc3c(Cl)ccc4c3CCNCC4)nc2)cs1)C1CC1. The molecule has 3 heterocycles. The normalized spacial score (nSPS) is 16.2. The van der Waals surface area contributed by atoms with Crippen molar-refractivity contribution in [2.75, 3.05) is 25.0 Å². The molecule has 1 aliphatic heterocycles. The van der Waals surface area contributed by atoms with Crippen LogP contribution in [0.2, 0.25) is 5.02 Å². The molecule has 0 amide bonds. The summed E-state index contributed by atoms with van der Waals surface area (Å²) in [6.07, 6.45) is 6.62.